The van der Waals surface area contributed by atoms with Gasteiger partial charge in [-0.2, -0.15) is 0 Å². The van der Waals surface area contributed by atoms with Crippen LogP contribution >= 0.6 is 38.9 Å². The summed E-state index contributed by atoms with van der Waals surface area (Å²) in [6.07, 6.45) is 0. The van der Waals surface area contributed by atoms with Crippen molar-refractivity contribution in [3.8, 4) is 0 Å². The molecule has 0 aliphatic carbocycles. The number of hydrogen-bond acceptors (Lipinski definition) is 2. The van der Waals surface area contributed by atoms with Crippen molar-refractivity contribution in [2.24, 2.45) is 0 Å². The molecule has 1 aromatic rings. The van der Waals surface area contributed by atoms with Gasteiger partial charge in [-0.3, -0.25) is 4.79 Å². The molecule has 1 unspecified atom stereocenters. The Labute approximate surface area is 101 Å². The van der Waals surface area contributed by atoms with E-state index >= 15 is 0 Å². The summed E-state index contributed by atoms with van der Waals surface area (Å²) in [4.78, 5) is 13.1. The highest BCUT2D eigenvalue weighted by atomic mass is 79.9. The lowest BCUT2D eigenvalue weighted by molar-refractivity contribution is -0.129. The molecule has 0 aliphatic rings. The highest BCUT2D eigenvalue weighted by Gasteiger charge is 2.14. The lowest BCUT2D eigenvalue weighted by Gasteiger charge is -2.17. The molecule has 0 aromatic carbocycles. The molecule has 1 heterocycles. The van der Waals surface area contributed by atoms with Gasteiger partial charge in [0, 0.05) is 13.6 Å². The molecule has 0 saturated carbocycles. The Balaban J connectivity index is 2.57. The number of thiophene rings is 1. The number of nitrogens with zero attached hydrogens (tertiary/aromatic N) is 1. The van der Waals surface area contributed by atoms with E-state index in [1.165, 1.54) is 0 Å². The van der Waals surface area contributed by atoms with Crippen LogP contribution in [0.3, 0.4) is 0 Å². The van der Waals surface area contributed by atoms with Crippen LogP contribution < -0.4 is 0 Å². The number of carbonyl (C=O) groups excluding carboxylic acids is 1. The summed E-state index contributed by atoms with van der Waals surface area (Å²) < 4.78 is 1.08. The number of carbonyl (C=O) groups is 1. The first-order valence-electron chi connectivity index (χ1n) is 4.12. The average Bonchev–Trinajstić information content (AvgIpc) is 2.49. The highest BCUT2D eigenvalue weighted by Crippen LogP contribution is 2.21. The second-order valence-electron chi connectivity index (χ2n) is 3.07. The molecular formula is C9H11BrClNOS. The maximum absolute atomic E-state index is 11.4. The minimum Gasteiger partial charge on any atom is -0.340 e. The Hall–Kier alpha value is -0.0600. The van der Waals surface area contributed by atoms with Crippen LogP contribution in [-0.4, -0.2) is 23.2 Å². The molecule has 0 N–H and O–H groups in total. The van der Waals surface area contributed by atoms with E-state index in [4.69, 9.17) is 11.6 Å². The van der Waals surface area contributed by atoms with E-state index in [2.05, 4.69) is 15.9 Å². The Morgan fingerprint density at radius 2 is 2.43 bits per heavy atom. The van der Waals surface area contributed by atoms with Gasteiger partial charge in [0.15, 0.2) is 0 Å². The summed E-state index contributed by atoms with van der Waals surface area (Å²) in [6.45, 7) is 2.29. The molecule has 0 radical (unpaired) electrons. The fraction of sp³-hybridized carbons (Fsp3) is 0.444. The third kappa shape index (κ3) is 3.26. The molecular weight excluding hydrogens is 286 g/mol. The molecule has 0 spiro atoms. The smallest absolute Gasteiger partial charge is 0.240 e. The largest absolute Gasteiger partial charge is 0.340 e. The Morgan fingerprint density at radius 1 is 1.79 bits per heavy atom. The van der Waals surface area contributed by atoms with Gasteiger partial charge >= 0.3 is 0 Å². The van der Waals surface area contributed by atoms with Crippen molar-refractivity contribution in [1.29, 1.82) is 0 Å². The molecule has 14 heavy (non-hydrogen) atoms. The van der Waals surface area contributed by atoms with Gasteiger partial charge in [-0.1, -0.05) is 0 Å². The van der Waals surface area contributed by atoms with Gasteiger partial charge in [-0.25, -0.2) is 0 Å². The van der Waals surface area contributed by atoms with Gasteiger partial charge < -0.3 is 4.90 Å². The van der Waals surface area contributed by atoms with Crippen LogP contribution in [-0.2, 0) is 11.3 Å². The van der Waals surface area contributed by atoms with E-state index in [9.17, 15) is 4.79 Å². The summed E-state index contributed by atoms with van der Waals surface area (Å²) in [7, 11) is 1.76. The van der Waals surface area contributed by atoms with Crippen molar-refractivity contribution < 1.29 is 4.79 Å². The minimum absolute atomic E-state index is 0.0472. The van der Waals surface area contributed by atoms with Crippen LogP contribution in [0.2, 0.25) is 0 Å². The molecule has 1 atom stereocenters. The second-order valence-corrected chi connectivity index (χ2v) is 6.01. The SMILES string of the molecule is CC(Cl)C(=O)N(C)Cc1csc(Br)c1. The zero-order valence-electron chi connectivity index (χ0n) is 7.96. The lowest BCUT2D eigenvalue weighted by Crippen LogP contribution is -2.31. The number of hydrogen-bond donors (Lipinski definition) is 0. The standard InChI is InChI=1S/C9H11BrClNOS/c1-6(11)9(13)12(2)4-7-3-8(10)14-5-7/h3,5-6H,4H2,1-2H3. The minimum atomic E-state index is -0.456. The topological polar surface area (TPSA) is 20.3 Å². The maximum Gasteiger partial charge on any atom is 0.240 e. The molecule has 5 heteroatoms. The summed E-state index contributed by atoms with van der Waals surface area (Å²) in [5.41, 5.74) is 1.12. The van der Waals surface area contributed by atoms with E-state index in [0.29, 0.717) is 6.54 Å². The molecule has 0 saturated heterocycles. The number of alkyl halides is 1. The van der Waals surface area contributed by atoms with Crippen LogP contribution in [0.4, 0.5) is 0 Å². The molecule has 78 valence electrons. The van der Waals surface area contributed by atoms with Gasteiger partial charge in [-0.15, -0.1) is 22.9 Å². The molecule has 0 fully saturated rings. The molecule has 2 nitrogen and oxygen atoms in total. The number of amides is 1. The predicted molar refractivity (Wildman–Crippen MR) is 63.8 cm³/mol. The summed E-state index contributed by atoms with van der Waals surface area (Å²) in [5.74, 6) is -0.0472. The molecule has 1 amide bonds. The number of halogens is 2. The Morgan fingerprint density at radius 3 is 2.86 bits per heavy atom. The van der Waals surface area contributed by atoms with Crippen LogP contribution in [0, 0.1) is 0 Å². The first kappa shape index (κ1) is 12.0. The van der Waals surface area contributed by atoms with E-state index in [0.717, 1.165) is 9.35 Å². The molecule has 1 rings (SSSR count). The average molecular weight is 297 g/mol. The van der Waals surface area contributed by atoms with Gasteiger partial charge in [0.2, 0.25) is 5.91 Å². The zero-order valence-corrected chi connectivity index (χ0v) is 11.1. The van der Waals surface area contributed by atoms with E-state index in [-0.39, 0.29) is 5.91 Å². The summed E-state index contributed by atoms with van der Waals surface area (Å²) in [5, 5.41) is 1.56. The fourth-order valence-electron chi connectivity index (χ4n) is 1.08. The third-order valence-electron chi connectivity index (χ3n) is 1.76. The molecule has 0 bridgehead atoms. The van der Waals surface area contributed by atoms with Crippen molar-refractivity contribution >= 4 is 44.8 Å². The van der Waals surface area contributed by atoms with E-state index in [1.54, 1.807) is 30.2 Å². The van der Waals surface area contributed by atoms with Crippen LogP contribution in [0.25, 0.3) is 0 Å². The molecule has 1 aromatic heterocycles. The lowest BCUT2D eigenvalue weighted by atomic mass is 10.3. The Bertz CT molecular complexity index is 326. The summed E-state index contributed by atoms with van der Waals surface area (Å²) >= 11 is 10.7. The summed E-state index contributed by atoms with van der Waals surface area (Å²) in [6, 6.07) is 2.01. The van der Waals surface area contributed by atoms with Gasteiger partial charge in [0.25, 0.3) is 0 Å². The zero-order chi connectivity index (χ0) is 10.7. The highest BCUT2D eigenvalue weighted by molar-refractivity contribution is 9.11. The van der Waals surface area contributed by atoms with Gasteiger partial charge in [0.05, 0.1) is 3.79 Å². The van der Waals surface area contributed by atoms with Gasteiger partial charge in [-0.05, 0) is 39.9 Å². The van der Waals surface area contributed by atoms with Crippen LogP contribution in [0.15, 0.2) is 15.2 Å². The van der Waals surface area contributed by atoms with Crippen molar-refractivity contribution in [1.82, 2.24) is 4.90 Å². The normalized spacial score (nSPS) is 12.6. The first-order chi connectivity index (χ1) is 6.50. The third-order valence-corrected chi connectivity index (χ3v) is 3.50. The monoisotopic (exact) mass is 295 g/mol. The molecule has 0 aliphatic heterocycles. The fourth-order valence-corrected chi connectivity index (χ4v) is 2.45. The van der Waals surface area contributed by atoms with Crippen molar-refractivity contribution in [2.75, 3.05) is 7.05 Å². The van der Waals surface area contributed by atoms with Crippen molar-refractivity contribution in [3.05, 3.63) is 20.8 Å². The van der Waals surface area contributed by atoms with Gasteiger partial charge in [0.1, 0.15) is 5.38 Å². The van der Waals surface area contributed by atoms with Crippen LogP contribution in [0.1, 0.15) is 12.5 Å². The maximum atomic E-state index is 11.4. The second kappa shape index (κ2) is 5.14. The van der Waals surface area contributed by atoms with Crippen LogP contribution in [0.5, 0.6) is 0 Å². The predicted octanol–water partition coefficient (Wildman–Crippen LogP) is 3.10. The first-order valence-corrected chi connectivity index (χ1v) is 6.23. The van der Waals surface area contributed by atoms with Crippen molar-refractivity contribution in [3.63, 3.8) is 0 Å². The van der Waals surface area contributed by atoms with Crippen molar-refractivity contribution in [2.45, 2.75) is 18.8 Å². The van der Waals surface area contributed by atoms with E-state index in [1.807, 2.05) is 11.4 Å². The Kier molecular flexibility index (Phi) is 4.41. The number of rotatable bonds is 3. The quantitative estimate of drug-likeness (QED) is 0.785. The van der Waals surface area contributed by atoms with E-state index < -0.39 is 5.38 Å².